The lowest BCUT2D eigenvalue weighted by molar-refractivity contribution is -0.138. The van der Waals surface area contributed by atoms with Gasteiger partial charge in [-0.2, -0.15) is 5.10 Å². The first-order valence-corrected chi connectivity index (χ1v) is 11.0. The minimum Gasteiger partial charge on any atom is -0.380 e. The Balaban J connectivity index is 1.39. The molecule has 1 aliphatic heterocycles. The van der Waals surface area contributed by atoms with Gasteiger partial charge in [-0.3, -0.25) is 9.59 Å². The van der Waals surface area contributed by atoms with Crippen molar-refractivity contribution in [2.75, 3.05) is 20.2 Å². The fraction of sp³-hybridized carbons (Fsp3) is 0.714. The molecule has 0 bridgehead atoms. The molecule has 3 atom stereocenters. The summed E-state index contributed by atoms with van der Waals surface area (Å²) in [4.78, 5) is 35.1. The first-order valence-electron chi connectivity index (χ1n) is 11.0. The number of hydrogen-bond donors (Lipinski definition) is 1. The van der Waals surface area contributed by atoms with Gasteiger partial charge < -0.3 is 14.6 Å². The standard InChI is InChI=1S/C21H27F2N5O3/c1-31-13-6-9-27(11-13)20(30)15-3-2-14(15)17-25-18-16(19(29)26-17)10-24-28(18)12-4-7-21(22,23)8-5-12/h10,12-15H,2-9,11H2,1H3,(H,25,26,29). The van der Waals surface area contributed by atoms with E-state index in [1.54, 1.807) is 11.8 Å². The Morgan fingerprint density at radius 1 is 1.23 bits per heavy atom. The molecule has 1 amide bonds. The van der Waals surface area contributed by atoms with E-state index >= 15 is 0 Å². The fourth-order valence-electron chi connectivity index (χ4n) is 5.14. The van der Waals surface area contributed by atoms with Gasteiger partial charge in [0.05, 0.1) is 18.3 Å². The molecule has 2 saturated carbocycles. The van der Waals surface area contributed by atoms with Crippen LogP contribution >= 0.6 is 0 Å². The molecule has 8 nitrogen and oxygen atoms in total. The van der Waals surface area contributed by atoms with Crippen LogP contribution in [0.4, 0.5) is 8.78 Å². The Labute approximate surface area is 178 Å². The second kappa shape index (κ2) is 7.65. The maximum Gasteiger partial charge on any atom is 0.262 e. The highest BCUT2D eigenvalue weighted by Gasteiger charge is 2.43. The first-order chi connectivity index (χ1) is 14.9. The highest BCUT2D eigenvalue weighted by molar-refractivity contribution is 5.81. The van der Waals surface area contributed by atoms with Crippen LogP contribution in [0.3, 0.4) is 0 Å². The van der Waals surface area contributed by atoms with E-state index < -0.39 is 5.92 Å². The van der Waals surface area contributed by atoms with Gasteiger partial charge in [0, 0.05) is 44.9 Å². The number of alkyl halides is 2. The van der Waals surface area contributed by atoms with Crippen LogP contribution in [-0.4, -0.2) is 62.8 Å². The second-order valence-electron chi connectivity index (χ2n) is 9.09. The van der Waals surface area contributed by atoms with Crippen molar-refractivity contribution in [2.24, 2.45) is 5.92 Å². The minimum atomic E-state index is -2.63. The Hall–Kier alpha value is -2.36. The maximum absolute atomic E-state index is 13.6. The largest absolute Gasteiger partial charge is 0.380 e. The Bertz CT molecular complexity index is 1040. The van der Waals surface area contributed by atoms with Crippen LogP contribution in [-0.2, 0) is 9.53 Å². The SMILES string of the molecule is COC1CCN(C(=O)C2CCC2c2nc3c(cnn3C3CCC(F)(F)CC3)c(=O)[nH]2)C1. The molecule has 168 valence electrons. The molecule has 10 heteroatoms. The van der Waals surface area contributed by atoms with E-state index in [-0.39, 0.29) is 48.3 Å². The second-order valence-corrected chi connectivity index (χ2v) is 9.09. The molecule has 1 N–H and O–H groups in total. The van der Waals surface area contributed by atoms with Gasteiger partial charge in [0.1, 0.15) is 11.2 Å². The molecule has 2 aliphatic carbocycles. The molecule has 2 aromatic heterocycles. The van der Waals surface area contributed by atoms with Crippen LogP contribution in [0.1, 0.15) is 62.7 Å². The summed E-state index contributed by atoms with van der Waals surface area (Å²) in [7, 11) is 1.66. The summed E-state index contributed by atoms with van der Waals surface area (Å²) in [5, 5.41) is 4.66. The number of amides is 1. The zero-order valence-corrected chi connectivity index (χ0v) is 17.5. The number of carbonyl (C=O) groups excluding carboxylic acids is 1. The summed E-state index contributed by atoms with van der Waals surface area (Å²) in [5.41, 5.74) is 0.124. The van der Waals surface area contributed by atoms with Gasteiger partial charge in [-0.1, -0.05) is 0 Å². The number of rotatable bonds is 4. The highest BCUT2D eigenvalue weighted by atomic mass is 19.3. The summed E-state index contributed by atoms with van der Waals surface area (Å²) in [5.74, 6) is -2.41. The number of H-pyrrole nitrogens is 1. The van der Waals surface area contributed by atoms with Crippen LogP contribution in [0.5, 0.6) is 0 Å². The number of likely N-dealkylation sites (tertiary alicyclic amines) is 1. The molecule has 5 rings (SSSR count). The van der Waals surface area contributed by atoms with Crippen LogP contribution in [0, 0.1) is 5.92 Å². The lowest BCUT2D eigenvalue weighted by Crippen LogP contribution is -2.42. The molecular formula is C21H27F2N5O3. The third kappa shape index (κ3) is 3.64. The minimum absolute atomic E-state index is 0.0778. The maximum atomic E-state index is 13.6. The van der Waals surface area contributed by atoms with E-state index in [9.17, 15) is 18.4 Å². The van der Waals surface area contributed by atoms with Gasteiger partial charge >= 0.3 is 0 Å². The fourth-order valence-corrected chi connectivity index (χ4v) is 5.14. The van der Waals surface area contributed by atoms with Gasteiger partial charge in [-0.15, -0.1) is 0 Å². The number of aromatic amines is 1. The van der Waals surface area contributed by atoms with Gasteiger partial charge in [-0.05, 0) is 32.1 Å². The molecule has 0 radical (unpaired) electrons. The van der Waals surface area contributed by atoms with E-state index in [4.69, 9.17) is 4.74 Å². The lowest BCUT2D eigenvalue weighted by atomic mass is 9.72. The number of carbonyl (C=O) groups is 1. The number of ether oxygens (including phenoxy) is 1. The molecule has 1 saturated heterocycles. The van der Waals surface area contributed by atoms with Crippen molar-refractivity contribution in [1.82, 2.24) is 24.6 Å². The van der Waals surface area contributed by atoms with Crippen molar-refractivity contribution in [2.45, 2.75) is 68.9 Å². The molecule has 3 fully saturated rings. The van der Waals surface area contributed by atoms with Gasteiger partial charge in [-0.25, -0.2) is 18.4 Å². The number of fused-ring (bicyclic) bond motifs is 1. The van der Waals surface area contributed by atoms with Crippen LogP contribution in [0.2, 0.25) is 0 Å². The Morgan fingerprint density at radius 3 is 2.65 bits per heavy atom. The average Bonchev–Trinajstić information content (AvgIpc) is 3.35. The zero-order chi connectivity index (χ0) is 21.8. The molecule has 3 unspecified atom stereocenters. The Kier molecular flexibility index (Phi) is 5.07. The molecule has 3 heterocycles. The summed E-state index contributed by atoms with van der Waals surface area (Å²) in [6.45, 7) is 1.28. The molecule has 3 aliphatic rings. The summed E-state index contributed by atoms with van der Waals surface area (Å²) in [6.07, 6.45) is 4.12. The average molecular weight is 435 g/mol. The molecule has 2 aromatic rings. The van der Waals surface area contributed by atoms with E-state index in [0.29, 0.717) is 42.8 Å². The quantitative estimate of drug-likeness (QED) is 0.797. The normalized spacial score (nSPS) is 28.7. The number of halogens is 2. The predicted octanol–water partition coefficient (Wildman–Crippen LogP) is 2.61. The molecule has 0 spiro atoms. The summed E-state index contributed by atoms with van der Waals surface area (Å²) < 4.78 is 34.1. The van der Waals surface area contributed by atoms with Crippen molar-refractivity contribution in [3.05, 3.63) is 22.4 Å². The number of methoxy groups -OCH3 is 1. The summed E-state index contributed by atoms with van der Waals surface area (Å²) >= 11 is 0. The van der Waals surface area contributed by atoms with Gasteiger partial charge in [0.15, 0.2) is 5.65 Å². The first kappa shape index (κ1) is 20.5. The molecule has 31 heavy (non-hydrogen) atoms. The van der Waals surface area contributed by atoms with Gasteiger partial charge in [0.2, 0.25) is 11.8 Å². The van der Waals surface area contributed by atoms with E-state index in [2.05, 4.69) is 15.1 Å². The third-order valence-corrected chi connectivity index (χ3v) is 7.25. The monoisotopic (exact) mass is 435 g/mol. The van der Waals surface area contributed by atoms with Crippen LogP contribution in [0.25, 0.3) is 11.0 Å². The van der Waals surface area contributed by atoms with Crippen molar-refractivity contribution >= 4 is 16.9 Å². The molecular weight excluding hydrogens is 408 g/mol. The zero-order valence-electron chi connectivity index (χ0n) is 17.5. The third-order valence-electron chi connectivity index (χ3n) is 7.25. The van der Waals surface area contributed by atoms with Crippen molar-refractivity contribution in [1.29, 1.82) is 0 Å². The van der Waals surface area contributed by atoms with E-state index in [0.717, 1.165) is 19.3 Å². The van der Waals surface area contributed by atoms with E-state index in [1.165, 1.54) is 6.20 Å². The number of nitrogens with one attached hydrogen (secondary N) is 1. The highest BCUT2D eigenvalue weighted by Crippen LogP contribution is 2.43. The van der Waals surface area contributed by atoms with Crippen LogP contribution < -0.4 is 5.56 Å². The topological polar surface area (TPSA) is 93.1 Å². The molecule has 0 aromatic carbocycles. The van der Waals surface area contributed by atoms with Crippen molar-refractivity contribution in [3.63, 3.8) is 0 Å². The van der Waals surface area contributed by atoms with E-state index in [1.807, 2.05) is 4.90 Å². The number of hydrogen-bond acceptors (Lipinski definition) is 5. The van der Waals surface area contributed by atoms with Crippen LogP contribution in [0.15, 0.2) is 11.0 Å². The smallest absolute Gasteiger partial charge is 0.262 e. The predicted molar refractivity (Wildman–Crippen MR) is 108 cm³/mol. The Morgan fingerprint density at radius 2 is 2.00 bits per heavy atom. The lowest BCUT2D eigenvalue weighted by Gasteiger charge is -2.37. The number of aromatic nitrogens is 4. The van der Waals surface area contributed by atoms with Gasteiger partial charge in [0.25, 0.3) is 5.56 Å². The van der Waals surface area contributed by atoms with Crippen molar-refractivity contribution in [3.8, 4) is 0 Å². The number of nitrogens with zero attached hydrogens (tertiary/aromatic N) is 4. The summed E-state index contributed by atoms with van der Waals surface area (Å²) in [6, 6.07) is -0.200. The van der Waals surface area contributed by atoms with Crippen molar-refractivity contribution < 1.29 is 18.3 Å².